The van der Waals surface area contributed by atoms with Crippen molar-refractivity contribution in [3.8, 4) is 0 Å². The number of carbonyl (C=O) groups excluding carboxylic acids is 2. The molecule has 0 saturated carbocycles. The van der Waals surface area contributed by atoms with E-state index in [0.717, 1.165) is 0 Å². The summed E-state index contributed by atoms with van der Waals surface area (Å²) in [5.41, 5.74) is 0. The second-order valence-corrected chi connectivity index (χ2v) is 2.60. The number of hydrogen-bond donors (Lipinski definition) is 1. The Kier molecular flexibility index (Phi) is 4.21. The summed E-state index contributed by atoms with van der Waals surface area (Å²) < 4.78 is 4.61. The van der Waals surface area contributed by atoms with Crippen LogP contribution in [0.1, 0.15) is 13.3 Å². The standard InChI is InChI=1S/C9H11N3O3/c1-2-15-8(14)6-7(13)12-9-10-4-3-5-11-9/h3-5H,2,6H2,1H3,(H,10,11,12,13). The molecule has 15 heavy (non-hydrogen) atoms. The number of rotatable bonds is 4. The van der Waals surface area contributed by atoms with Crippen LogP contribution in [0.5, 0.6) is 0 Å². The summed E-state index contributed by atoms with van der Waals surface area (Å²) >= 11 is 0. The highest BCUT2D eigenvalue weighted by Gasteiger charge is 2.10. The molecule has 0 spiro atoms. The van der Waals surface area contributed by atoms with Crippen molar-refractivity contribution in [2.24, 2.45) is 0 Å². The van der Waals surface area contributed by atoms with Gasteiger partial charge in [0.2, 0.25) is 11.9 Å². The van der Waals surface area contributed by atoms with E-state index in [1.807, 2.05) is 0 Å². The van der Waals surface area contributed by atoms with Gasteiger partial charge in [-0.25, -0.2) is 9.97 Å². The summed E-state index contributed by atoms with van der Waals surface area (Å²) in [4.78, 5) is 29.7. The number of ether oxygens (including phenoxy) is 1. The van der Waals surface area contributed by atoms with Crippen LogP contribution in [-0.4, -0.2) is 28.5 Å². The van der Waals surface area contributed by atoms with E-state index in [1.54, 1.807) is 13.0 Å². The zero-order valence-electron chi connectivity index (χ0n) is 8.27. The molecule has 1 amide bonds. The van der Waals surface area contributed by atoms with Gasteiger partial charge >= 0.3 is 5.97 Å². The lowest BCUT2D eigenvalue weighted by Gasteiger charge is -2.02. The molecule has 1 N–H and O–H groups in total. The van der Waals surface area contributed by atoms with Crippen molar-refractivity contribution in [2.45, 2.75) is 13.3 Å². The van der Waals surface area contributed by atoms with E-state index in [9.17, 15) is 9.59 Å². The Labute approximate surface area is 86.7 Å². The van der Waals surface area contributed by atoms with Crippen molar-refractivity contribution in [1.82, 2.24) is 9.97 Å². The highest BCUT2D eigenvalue weighted by atomic mass is 16.5. The third kappa shape index (κ3) is 4.17. The van der Waals surface area contributed by atoms with Crippen molar-refractivity contribution in [2.75, 3.05) is 11.9 Å². The number of amides is 1. The maximum absolute atomic E-state index is 11.2. The summed E-state index contributed by atoms with van der Waals surface area (Å²) in [6.07, 6.45) is 2.66. The first-order valence-electron chi connectivity index (χ1n) is 4.45. The van der Waals surface area contributed by atoms with E-state index in [0.29, 0.717) is 0 Å². The SMILES string of the molecule is CCOC(=O)CC(=O)Nc1ncccn1. The molecule has 0 radical (unpaired) electrons. The van der Waals surface area contributed by atoms with Crippen molar-refractivity contribution < 1.29 is 14.3 Å². The smallest absolute Gasteiger partial charge is 0.315 e. The van der Waals surface area contributed by atoms with Crippen molar-refractivity contribution in [3.05, 3.63) is 18.5 Å². The molecule has 1 aromatic heterocycles. The van der Waals surface area contributed by atoms with E-state index in [1.165, 1.54) is 12.4 Å². The number of anilines is 1. The van der Waals surface area contributed by atoms with Crippen molar-refractivity contribution >= 4 is 17.8 Å². The first-order chi connectivity index (χ1) is 7.22. The Bertz CT molecular complexity index is 340. The van der Waals surface area contributed by atoms with Gasteiger partial charge in [-0.1, -0.05) is 0 Å². The van der Waals surface area contributed by atoms with Gasteiger partial charge in [0.05, 0.1) is 6.61 Å². The van der Waals surface area contributed by atoms with Gasteiger partial charge in [-0.05, 0) is 13.0 Å². The van der Waals surface area contributed by atoms with Gasteiger partial charge in [-0.3, -0.25) is 14.9 Å². The van der Waals surface area contributed by atoms with E-state index in [4.69, 9.17) is 0 Å². The predicted molar refractivity (Wildman–Crippen MR) is 51.9 cm³/mol. The topological polar surface area (TPSA) is 81.2 Å². The zero-order chi connectivity index (χ0) is 11.1. The van der Waals surface area contributed by atoms with Crippen LogP contribution < -0.4 is 5.32 Å². The first kappa shape index (κ1) is 11.1. The number of nitrogens with one attached hydrogen (secondary N) is 1. The fourth-order valence-electron chi connectivity index (χ4n) is 0.876. The molecule has 0 bridgehead atoms. The molecule has 1 aromatic rings. The molecule has 0 atom stereocenters. The van der Waals surface area contributed by atoms with Crippen LogP contribution in [0.4, 0.5) is 5.95 Å². The van der Waals surface area contributed by atoms with Gasteiger partial charge < -0.3 is 4.74 Å². The lowest BCUT2D eigenvalue weighted by molar-refractivity contribution is -0.145. The minimum atomic E-state index is -0.564. The molecule has 0 aromatic carbocycles. The normalized spacial score (nSPS) is 9.40. The summed E-state index contributed by atoms with van der Waals surface area (Å²) in [5, 5.41) is 2.37. The number of carbonyl (C=O) groups is 2. The molecular weight excluding hydrogens is 198 g/mol. The average Bonchev–Trinajstić information content (AvgIpc) is 2.19. The van der Waals surface area contributed by atoms with Crippen molar-refractivity contribution in [1.29, 1.82) is 0 Å². The lowest BCUT2D eigenvalue weighted by atomic mass is 10.4. The van der Waals surface area contributed by atoms with Crippen LogP contribution in [0.25, 0.3) is 0 Å². The molecule has 0 unspecified atom stereocenters. The fourth-order valence-corrected chi connectivity index (χ4v) is 0.876. The maximum atomic E-state index is 11.2. The molecule has 0 aliphatic carbocycles. The highest BCUT2D eigenvalue weighted by Crippen LogP contribution is 1.96. The molecule has 6 nitrogen and oxygen atoms in total. The number of esters is 1. The molecule has 1 rings (SSSR count). The third-order valence-corrected chi connectivity index (χ3v) is 1.43. The second kappa shape index (κ2) is 5.69. The summed E-state index contributed by atoms with van der Waals surface area (Å²) in [6, 6.07) is 1.63. The Hall–Kier alpha value is -1.98. The highest BCUT2D eigenvalue weighted by molar-refractivity contribution is 6.00. The summed E-state index contributed by atoms with van der Waals surface area (Å²) in [7, 11) is 0. The number of hydrogen-bond acceptors (Lipinski definition) is 5. The van der Waals surface area contributed by atoms with Crippen LogP contribution in [0, 0.1) is 0 Å². The molecular formula is C9H11N3O3. The van der Waals surface area contributed by atoms with Gasteiger partial charge in [-0.2, -0.15) is 0 Å². The van der Waals surface area contributed by atoms with E-state index in [2.05, 4.69) is 20.0 Å². The summed E-state index contributed by atoms with van der Waals surface area (Å²) in [6.45, 7) is 1.93. The van der Waals surface area contributed by atoms with E-state index in [-0.39, 0.29) is 19.0 Å². The molecule has 0 aliphatic heterocycles. The molecule has 6 heteroatoms. The van der Waals surface area contributed by atoms with Gasteiger partial charge in [0.15, 0.2) is 0 Å². The van der Waals surface area contributed by atoms with Crippen LogP contribution in [0.2, 0.25) is 0 Å². The quantitative estimate of drug-likeness (QED) is 0.572. The van der Waals surface area contributed by atoms with Crippen LogP contribution in [0.3, 0.4) is 0 Å². The lowest BCUT2D eigenvalue weighted by Crippen LogP contribution is -2.19. The van der Waals surface area contributed by atoms with Gasteiger partial charge in [0, 0.05) is 12.4 Å². The van der Waals surface area contributed by atoms with E-state index < -0.39 is 11.9 Å². The minimum absolute atomic E-state index is 0.173. The van der Waals surface area contributed by atoms with Gasteiger partial charge in [-0.15, -0.1) is 0 Å². The van der Waals surface area contributed by atoms with Crippen LogP contribution in [-0.2, 0) is 14.3 Å². The molecule has 0 aliphatic rings. The minimum Gasteiger partial charge on any atom is -0.466 e. The van der Waals surface area contributed by atoms with E-state index >= 15 is 0 Å². The second-order valence-electron chi connectivity index (χ2n) is 2.60. The monoisotopic (exact) mass is 209 g/mol. The van der Waals surface area contributed by atoms with Gasteiger partial charge in [0.25, 0.3) is 0 Å². The Morgan fingerprint density at radius 1 is 1.40 bits per heavy atom. The van der Waals surface area contributed by atoms with Crippen LogP contribution in [0.15, 0.2) is 18.5 Å². The number of nitrogens with zero attached hydrogens (tertiary/aromatic N) is 2. The zero-order valence-corrected chi connectivity index (χ0v) is 8.27. The molecule has 0 fully saturated rings. The molecule has 1 heterocycles. The maximum Gasteiger partial charge on any atom is 0.315 e. The van der Waals surface area contributed by atoms with Crippen molar-refractivity contribution in [3.63, 3.8) is 0 Å². The van der Waals surface area contributed by atoms with Crippen LogP contribution >= 0.6 is 0 Å². The fraction of sp³-hybridized carbons (Fsp3) is 0.333. The first-order valence-corrected chi connectivity index (χ1v) is 4.45. The largest absolute Gasteiger partial charge is 0.466 e. The number of aromatic nitrogens is 2. The average molecular weight is 209 g/mol. The Balaban J connectivity index is 2.40. The molecule has 0 saturated heterocycles. The molecule has 80 valence electrons. The predicted octanol–water partition coefficient (Wildman–Crippen LogP) is 0.368. The Morgan fingerprint density at radius 2 is 2.07 bits per heavy atom. The Morgan fingerprint density at radius 3 is 2.67 bits per heavy atom. The van der Waals surface area contributed by atoms with Gasteiger partial charge in [0.1, 0.15) is 6.42 Å². The summed E-state index contributed by atoms with van der Waals surface area (Å²) in [5.74, 6) is -0.877. The third-order valence-electron chi connectivity index (χ3n) is 1.43.